The molecule has 0 aromatic rings. The molecule has 0 atom stereocenters. The van der Waals surface area contributed by atoms with Crippen LogP contribution in [0.2, 0.25) is 0 Å². The molecular weight excluding hydrogens is 314 g/mol. The molecule has 2 aliphatic rings. The predicted molar refractivity (Wildman–Crippen MR) is 93.4 cm³/mol. The van der Waals surface area contributed by atoms with E-state index in [0.717, 1.165) is 25.7 Å². The Labute approximate surface area is 142 Å². The summed E-state index contributed by atoms with van der Waals surface area (Å²) in [4.78, 5) is 12.6. The van der Waals surface area contributed by atoms with Crippen molar-refractivity contribution >= 4 is 23.6 Å². The maximum Gasteiger partial charge on any atom is 0.242 e. The lowest BCUT2D eigenvalue weighted by molar-refractivity contribution is -0.121. The zero-order valence-electron chi connectivity index (χ0n) is 14.6. The predicted octanol–water partition coefficient (Wildman–Crippen LogP) is 1.31. The van der Waals surface area contributed by atoms with Gasteiger partial charge in [-0.25, -0.2) is 5.12 Å². The van der Waals surface area contributed by atoms with E-state index < -0.39 is 4.75 Å². The molecule has 0 saturated heterocycles. The molecule has 2 rings (SSSR count). The van der Waals surface area contributed by atoms with E-state index in [1.807, 2.05) is 34.6 Å². The standard InChI is InChI=1S/C15H29N5O2S/c1-14(2,3)20-18-13(17-19-20)16-12(22)15(4,5)23-11-8-6-10(21)7-9-11/h10-11,19,21H,6-9H2,1-5H3,(H2,16,17,18,22)/t10-,11+. The van der Waals surface area contributed by atoms with Crippen LogP contribution in [0.4, 0.5) is 0 Å². The first-order valence-corrected chi connectivity index (χ1v) is 9.04. The SMILES string of the molecule is CC(C)(S[C@H]1CC[C@@H](O)CC1)C(=O)NC1=NN(C(C)(C)C)NN1. The van der Waals surface area contributed by atoms with Crippen molar-refractivity contribution in [2.24, 2.45) is 5.10 Å². The maximum atomic E-state index is 12.6. The van der Waals surface area contributed by atoms with Crippen LogP contribution in [0.3, 0.4) is 0 Å². The highest BCUT2D eigenvalue weighted by molar-refractivity contribution is 8.01. The van der Waals surface area contributed by atoms with Gasteiger partial charge in [0.25, 0.3) is 0 Å². The number of thioether (sulfide) groups is 1. The van der Waals surface area contributed by atoms with Crippen LogP contribution in [-0.2, 0) is 4.79 Å². The lowest BCUT2D eigenvalue weighted by Crippen LogP contribution is -2.51. The number of amides is 1. The van der Waals surface area contributed by atoms with Crippen LogP contribution in [0.15, 0.2) is 5.10 Å². The molecule has 0 radical (unpaired) electrons. The van der Waals surface area contributed by atoms with Crippen molar-refractivity contribution < 1.29 is 9.90 Å². The van der Waals surface area contributed by atoms with Gasteiger partial charge in [-0.1, -0.05) is 0 Å². The van der Waals surface area contributed by atoms with Gasteiger partial charge in [-0.3, -0.25) is 15.5 Å². The molecule has 1 aliphatic carbocycles. The quantitative estimate of drug-likeness (QED) is 0.618. The van der Waals surface area contributed by atoms with Gasteiger partial charge in [-0.05, 0) is 60.3 Å². The third-order valence-electron chi connectivity index (χ3n) is 4.00. The number of rotatable bonds is 3. The molecule has 1 saturated carbocycles. The van der Waals surface area contributed by atoms with Crippen molar-refractivity contribution in [2.45, 2.75) is 81.9 Å². The number of aliphatic hydroxyl groups excluding tert-OH is 1. The molecule has 0 unspecified atom stereocenters. The summed E-state index contributed by atoms with van der Waals surface area (Å²) in [6, 6.07) is 0. The van der Waals surface area contributed by atoms with E-state index in [-0.39, 0.29) is 17.6 Å². The highest BCUT2D eigenvalue weighted by Crippen LogP contribution is 2.37. The number of carbonyl (C=O) groups excluding carboxylic acids is 1. The van der Waals surface area contributed by atoms with Crippen molar-refractivity contribution in [2.75, 3.05) is 0 Å². The minimum absolute atomic E-state index is 0.0718. The van der Waals surface area contributed by atoms with Crippen molar-refractivity contribution in [1.29, 1.82) is 0 Å². The Kier molecular flexibility index (Phi) is 5.48. The number of hydrazine groups is 2. The van der Waals surface area contributed by atoms with Crippen molar-refractivity contribution in [3.05, 3.63) is 0 Å². The number of aliphatic hydroxyl groups is 1. The number of guanidine groups is 1. The van der Waals surface area contributed by atoms with E-state index in [2.05, 4.69) is 21.4 Å². The van der Waals surface area contributed by atoms with Crippen LogP contribution in [0.5, 0.6) is 0 Å². The fourth-order valence-electron chi connectivity index (χ4n) is 2.52. The number of hydrogen-bond acceptors (Lipinski definition) is 7. The number of hydrazone groups is 1. The lowest BCUT2D eigenvalue weighted by atomic mass is 9.97. The minimum Gasteiger partial charge on any atom is -0.393 e. The average molecular weight is 343 g/mol. The van der Waals surface area contributed by atoms with E-state index in [1.165, 1.54) is 0 Å². The molecule has 0 spiro atoms. The molecule has 0 bridgehead atoms. The second-order valence-electron chi connectivity index (χ2n) is 7.68. The molecule has 7 nitrogen and oxygen atoms in total. The van der Waals surface area contributed by atoms with Gasteiger partial charge in [0, 0.05) is 5.25 Å². The monoisotopic (exact) mass is 343 g/mol. The molecule has 23 heavy (non-hydrogen) atoms. The molecule has 0 aromatic heterocycles. The van der Waals surface area contributed by atoms with E-state index in [9.17, 15) is 9.90 Å². The Hall–Kier alpha value is -0.990. The normalized spacial score (nSPS) is 25.8. The molecule has 4 N–H and O–H groups in total. The Morgan fingerprint density at radius 3 is 2.39 bits per heavy atom. The second kappa shape index (κ2) is 6.86. The van der Waals surface area contributed by atoms with Crippen molar-refractivity contribution in [3.8, 4) is 0 Å². The Morgan fingerprint density at radius 2 is 1.87 bits per heavy atom. The summed E-state index contributed by atoms with van der Waals surface area (Å²) >= 11 is 1.68. The van der Waals surface area contributed by atoms with Gasteiger partial charge >= 0.3 is 0 Å². The molecule has 132 valence electrons. The topological polar surface area (TPSA) is 89.0 Å². The van der Waals surface area contributed by atoms with Gasteiger partial charge in [0.2, 0.25) is 11.9 Å². The number of hydrogen-bond donors (Lipinski definition) is 4. The molecule has 1 aliphatic heterocycles. The van der Waals surface area contributed by atoms with Crippen LogP contribution in [0, 0.1) is 0 Å². The molecule has 8 heteroatoms. The van der Waals surface area contributed by atoms with E-state index in [0.29, 0.717) is 11.2 Å². The van der Waals surface area contributed by atoms with E-state index >= 15 is 0 Å². The first-order valence-electron chi connectivity index (χ1n) is 8.16. The Bertz CT molecular complexity index is 467. The molecule has 0 aromatic carbocycles. The number of nitrogens with one attached hydrogen (secondary N) is 3. The van der Waals surface area contributed by atoms with Crippen LogP contribution < -0.4 is 16.3 Å². The second-order valence-corrected chi connectivity index (χ2v) is 9.60. The van der Waals surface area contributed by atoms with Crippen LogP contribution >= 0.6 is 11.8 Å². The van der Waals surface area contributed by atoms with Crippen molar-refractivity contribution in [3.63, 3.8) is 0 Å². The summed E-state index contributed by atoms with van der Waals surface area (Å²) in [6.07, 6.45) is 3.40. The van der Waals surface area contributed by atoms with Crippen LogP contribution in [-0.4, -0.2) is 43.7 Å². The molecule has 1 heterocycles. The van der Waals surface area contributed by atoms with Gasteiger partial charge in [0.15, 0.2) is 0 Å². The van der Waals surface area contributed by atoms with Crippen LogP contribution in [0.1, 0.15) is 60.3 Å². The highest BCUT2D eigenvalue weighted by Gasteiger charge is 2.35. The summed E-state index contributed by atoms with van der Waals surface area (Å²) in [5.74, 6) is 0.343. The van der Waals surface area contributed by atoms with Crippen molar-refractivity contribution in [1.82, 2.24) is 21.4 Å². The van der Waals surface area contributed by atoms with Gasteiger partial charge < -0.3 is 5.11 Å². The maximum absolute atomic E-state index is 12.6. The zero-order valence-corrected chi connectivity index (χ0v) is 15.5. The zero-order chi connectivity index (χ0) is 17.3. The molecule has 1 fully saturated rings. The molecular formula is C15H29N5O2S. The summed E-state index contributed by atoms with van der Waals surface area (Å²) in [6.45, 7) is 9.93. The summed E-state index contributed by atoms with van der Waals surface area (Å²) < 4.78 is -0.549. The Balaban J connectivity index is 1.89. The average Bonchev–Trinajstić information content (AvgIpc) is 2.89. The largest absolute Gasteiger partial charge is 0.393 e. The van der Waals surface area contributed by atoms with E-state index in [1.54, 1.807) is 16.9 Å². The molecule has 1 amide bonds. The summed E-state index contributed by atoms with van der Waals surface area (Å²) in [7, 11) is 0. The highest BCUT2D eigenvalue weighted by atomic mass is 32.2. The van der Waals surface area contributed by atoms with Gasteiger partial charge in [0.05, 0.1) is 16.4 Å². The number of carbonyl (C=O) groups is 1. The fourth-order valence-corrected chi connectivity index (χ4v) is 4.02. The van der Waals surface area contributed by atoms with Gasteiger partial charge in [-0.15, -0.1) is 22.4 Å². The summed E-state index contributed by atoms with van der Waals surface area (Å²) in [5, 5.41) is 18.8. The Morgan fingerprint density at radius 1 is 1.26 bits per heavy atom. The summed E-state index contributed by atoms with van der Waals surface area (Å²) in [5.41, 5.74) is 5.61. The third-order valence-corrected chi connectivity index (χ3v) is 5.58. The lowest BCUT2D eigenvalue weighted by Gasteiger charge is -2.31. The van der Waals surface area contributed by atoms with Gasteiger partial charge in [0.1, 0.15) is 0 Å². The first kappa shape index (κ1) is 18.4. The van der Waals surface area contributed by atoms with E-state index in [4.69, 9.17) is 0 Å². The smallest absolute Gasteiger partial charge is 0.242 e. The number of nitrogens with zero attached hydrogens (tertiary/aromatic N) is 2. The minimum atomic E-state index is -0.549. The fraction of sp³-hybridized carbons (Fsp3) is 0.867. The first-order chi connectivity index (χ1) is 10.6. The third kappa shape index (κ3) is 4.99. The van der Waals surface area contributed by atoms with Gasteiger partial charge in [-0.2, -0.15) is 0 Å². The van der Waals surface area contributed by atoms with Crippen LogP contribution in [0.25, 0.3) is 0 Å².